The van der Waals surface area contributed by atoms with Gasteiger partial charge in [-0.1, -0.05) is 0 Å². The second-order valence-corrected chi connectivity index (χ2v) is 7.27. The zero-order chi connectivity index (χ0) is 14.7. The topological polar surface area (TPSA) is 71.4 Å². The predicted molar refractivity (Wildman–Crippen MR) is 67.5 cm³/mol. The number of benzene rings is 1. The van der Waals surface area contributed by atoms with E-state index in [0.29, 0.717) is 6.07 Å². The van der Waals surface area contributed by atoms with Crippen LogP contribution in [0.3, 0.4) is 0 Å². The summed E-state index contributed by atoms with van der Waals surface area (Å²) in [5, 5.41) is 8.93. The largest absolute Gasteiger partial charge is 0.477 e. The molecule has 4 nitrogen and oxygen atoms in total. The first-order chi connectivity index (χ1) is 9.29. The minimum Gasteiger partial charge on any atom is -0.477 e. The summed E-state index contributed by atoms with van der Waals surface area (Å²) < 4.78 is 51.2. The van der Waals surface area contributed by atoms with Crippen LogP contribution in [0.1, 0.15) is 15.2 Å². The summed E-state index contributed by atoms with van der Waals surface area (Å²) in [6.45, 7) is 0. The van der Waals surface area contributed by atoms with Crippen LogP contribution in [0.4, 0.5) is 8.78 Å². The predicted octanol–water partition coefficient (Wildman–Crippen LogP) is 2.68. The third kappa shape index (κ3) is 1.83. The molecular formula is C12H6F2O4S2. The molecule has 1 aliphatic rings. The fourth-order valence-corrected chi connectivity index (χ4v) is 5.02. The Hall–Kier alpha value is -1.80. The van der Waals surface area contributed by atoms with E-state index in [1.54, 1.807) is 0 Å². The summed E-state index contributed by atoms with van der Waals surface area (Å²) in [5.74, 6) is -3.76. The van der Waals surface area contributed by atoms with Crippen molar-refractivity contribution in [3.8, 4) is 10.4 Å². The molecule has 104 valence electrons. The van der Waals surface area contributed by atoms with Crippen molar-refractivity contribution in [2.24, 2.45) is 0 Å². The van der Waals surface area contributed by atoms with Crippen molar-refractivity contribution < 1.29 is 27.1 Å². The highest BCUT2D eigenvalue weighted by Gasteiger charge is 2.34. The minimum absolute atomic E-state index is 0.0669. The van der Waals surface area contributed by atoms with Crippen molar-refractivity contribution in [1.82, 2.24) is 0 Å². The molecule has 1 aliphatic heterocycles. The third-order valence-electron chi connectivity index (χ3n) is 2.93. The molecule has 0 saturated heterocycles. The highest BCUT2D eigenvalue weighted by molar-refractivity contribution is 7.91. The first kappa shape index (κ1) is 13.2. The molecule has 0 unspecified atom stereocenters. The number of hydrogen-bond donors (Lipinski definition) is 1. The van der Waals surface area contributed by atoms with Crippen LogP contribution >= 0.6 is 11.3 Å². The fraction of sp³-hybridized carbons (Fsp3) is 0.0833. The number of thiophene rings is 1. The van der Waals surface area contributed by atoms with Gasteiger partial charge in [-0.2, -0.15) is 0 Å². The molecule has 0 aliphatic carbocycles. The van der Waals surface area contributed by atoms with Crippen molar-refractivity contribution >= 4 is 27.1 Å². The lowest BCUT2D eigenvalue weighted by Crippen LogP contribution is -2.13. The molecule has 8 heteroatoms. The fourth-order valence-electron chi connectivity index (χ4n) is 2.19. The van der Waals surface area contributed by atoms with Crippen LogP contribution in [0.15, 0.2) is 23.1 Å². The van der Waals surface area contributed by atoms with Crippen LogP contribution < -0.4 is 0 Å². The van der Waals surface area contributed by atoms with Gasteiger partial charge in [-0.05, 0) is 17.7 Å². The molecule has 20 heavy (non-hydrogen) atoms. The standard InChI is InChI=1S/C12H6F2O4S2/c13-6-2-7-10-5(1-9(19-10)12(15)16)4-20(17,18)11(7)8(14)3-6/h1-3H,4H2,(H,15,16). The van der Waals surface area contributed by atoms with E-state index in [0.717, 1.165) is 17.4 Å². The van der Waals surface area contributed by atoms with E-state index < -0.39 is 38.1 Å². The average molecular weight is 316 g/mol. The van der Waals surface area contributed by atoms with E-state index in [9.17, 15) is 22.0 Å². The first-order valence-corrected chi connectivity index (χ1v) is 7.84. The minimum atomic E-state index is -3.94. The van der Waals surface area contributed by atoms with E-state index >= 15 is 0 Å². The van der Waals surface area contributed by atoms with Crippen LogP contribution in [0.2, 0.25) is 0 Å². The van der Waals surface area contributed by atoms with Crippen LogP contribution in [-0.4, -0.2) is 19.5 Å². The Morgan fingerprint density at radius 1 is 1.25 bits per heavy atom. The number of halogens is 2. The molecule has 0 radical (unpaired) electrons. The van der Waals surface area contributed by atoms with E-state index in [1.807, 2.05) is 0 Å². The monoisotopic (exact) mass is 316 g/mol. The Labute approximate surface area is 116 Å². The highest BCUT2D eigenvalue weighted by Crippen LogP contribution is 2.44. The summed E-state index contributed by atoms with van der Waals surface area (Å²) in [7, 11) is -3.94. The van der Waals surface area contributed by atoms with Crippen LogP contribution in [-0.2, 0) is 15.6 Å². The second-order valence-electron chi connectivity index (χ2n) is 4.29. The van der Waals surface area contributed by atoms with Crippen LogP contribution in [0, 0.1) is 11.6 Å². The van der Waals surface area contributed by atoms with Crippen LogP contribution in [0.25, 0.3) is 10.4 Å². The number of carbonyl (C=O) groups is 1. The Morgan fingerprint density at radius 2 is 1.95 bits per heavy atom. The Balaban J connectivity index is 2.39. The SMILES string of the molecule is O=C(O)c1cc2c(s1)-c1cc(F)cc(F)c1S(=O)(=O)C2. The van der Waals surface area contributed by atoms with Gasteiger partial charge in [-0.15, -0.1) is 11.3 Å². The molecule has 0 saturated carbocycles. The smallest absolute Gasteiger partial charge is 0.345 e. The molecule has 0 fully saturated rings. The van der Waals surface area contributed by atoms with Gasteiger partial charge < -0.3 is 5.11 Å². The average Bonchev–Trinajstić information content (AvgIpc) is 2.70. The third-order valence-corrected chi connectivity index (χ3v) is 5.86. The summed E-state index contributed by atoms with van der Waals surface area (Å²) >= 11 is 0.807. The molecule has 2 heterocycles. The van der Waals surface area contributed by atoms with E-state index in [-0.39, 0.29) is 20.9 Å². The van der Waals surface area contributed by atoms with Gasteiger partial charge in [-0.25, -0.2) is 22.0 Å². The quantitative estimate of drug-likeness (QED) is 0.821. The molecule has 0 bridgehead atoms. The summed E-state index contributed by atoms with van der Waals surface area (Å²) in [4.78, 5) is 10.6. The number of rotatable bonds is 1. The lowest BCUT2D eigenvalue weighted by Gasteiger charge is -2.17. The number of carboxylic acid groups (broad SMARTS) is 1. The Morgan fingerprint density at radius 3 is 2.60 bits per heavy atom. The van der Waals surface area contributed by atoms with Gasteiger partial charge in [0.25, 0.3) is 0 Å². The molecule has 0 spiro atoms. The zero-order valence-electron chi connectivity index (χ0n) is 9.68. The zero-order valence-corrected chi connectivity index (χ0v) is 11.3. The molecule has 1 aromatic heterocycles. The molecule has 1 N–H and O–H groups in total. The Bertz CT molecular complexity index is 853. The molecular weight excluding hydrogens is 310 g/mol. The van der Waals surface area contributed by atoms with Gasteiger partial charge in [0.1, 0.15) is 21.4 Å². The van der Waals surface area contributed by atoms with E-state index in [1.165, 1.54) is 6.07 Å². The lowest BCUT2D eigenvalue weighted by molar-refractivity contribution is 0.0702. The summed E-state index contributed by atoms with van der Waals surface area (Å²) in [5.41, 5.74) is 0.145. The van der Waals surface area contributed by atoms with Crippen LogP contribution in [0.5, 0.6) is 0 Å². The van der Waals surface area contributed by atoms with Crippen molar-refractivity contribution in [2.45, 2.75) is 10.6 Å². The normalized spacial score (nSPS) is 15.5. The van der Waals surface area contributed by atoms with Crippen molar-refractivity contribution in [1.29, 1.82) is 0 Å². The molecule has 3 rings (SSSR count). The number of aromatic carboxylic acids is 1. The summed E-state index contributed by atoms with van der Waals surface area (Å²) in [6, 6.07) is 2.65. The van der Waals surface area contributed by atoms with Crippen molar-refractivity contribution in [3.05, 3.63) is 40.3 Å². The summed E-state index contributed by atoms with van der Waals surface area (Å²) in [6.07, 6.45) is 0. The second kappa shape index (κ2) is 4.10. The molecule has 2 aromatic rings. The lowest BCUT2D eigenvalue weighted by atomic mass is 10.1. The van der Waals surface area contributed by atoms with Gasteiger partial charge in [0.2, 0.25) is 0 Å². The van der Waals surface area contributed by atoms with Gasteiger partial charge in [0.05, 0.1) is 5.75 Å². The maximum Gasteiger partial charge on any atom is 0.345 e. The van der Waals surface area contributed by atoms with E-state index in [4.69, 9.17) is 5.11 Å². The highest BCUT2D eigenvalue weighted by atomic mass is 32.2. The number of fused-ring (bicyclic) bond motifs is 3. The maximum atomic E-state index is 13.8. The molecule has 1 aromatic carbocycles. The number of carboxylic acids is 1. The van der Waals surface area contributed by atoms with Gasteiger partial charge in [0.15, 0.2) is 9.84 Å². The maximum absolute atomic E-state index is 13.8. The van der Waals surface area contributed by atoms with Crippen molar-refractivity contribution in [2.75, 3.05) is 0 Å². The number of sulfone groups is 1. The molecule has 0 amide bonds. The first-order valence-electron chi connectivity index (χ1n) is 5.38. The van der Waals surface area contributed by atoms with Crippen molar-refractivity contribution in [3.63, 3.8) is 0 Å². The van der Waals surface area contributed by atoms with E-state index in [2.05, 4.69) is 0 Å². The Kier molecular flexibility index (Phi) is 2.70. The van der Waals surface area contributed by atoms with Gasteiger partial charge in [-0.3, -0.25) is 0 Å². The number of hydrogen-bond acceptors (Lipinski definition) is 4. The molecule has 0 atom stereocenters. The van der Waals surface area contributed by atoms with Gasteiger partial charge in [0, 0.05) is 16.5 Å². The van der Waals surface area contributed by atoms with Gasteiger partial charge >= 0.3 is 5.97 Å².